The van der Waals surface area contributed by atoms with Gasteiger partial charge in [0.1, 0.15) is 11.6 Å². The zero-order valence-electron chi connectivity index (χ0n) is 17.9. The summed E-state index contributed by atoms with van der Waals surface area (Å²) < 4.78 is 1.95. The van der Waals surface area contributed by atoms with Crippen molar-refractivity contribution in [3.63, 3.8) is 0 Å². The van der Waals surface area contributed by atoms with Crippen LogP contribution >= 0.6 is 0 Å². The smallest absolute Gasteiger partial charge is 0.256 e. The molecule has 2 fully saturated rings. The SMILES string of the molecule is CN1CCN(c2cc(N3CCN(C)CC3)n3nc(Cc4ccccc4)nc3n2)CC1. The summed E-state index contributed by atoms with van der Waals surface area (Å²) in [5, 5.41) is 4.86. The van der Waals surface area contributed by atoms with Crippen LogP contribution in [0.5, 0.6) is 0 Å². The van der Waals surface area contributed by atoms with Gasteiger partial charge in [0.05, 0.1) is 0 Å². The van der Waals surface area contributed by atoms with Crippen molar-refractivity contribution in [1.82, 2.24) is 29.4 Å². The first-order valence-electron chi connectivity index (χ1n) is 10.8. The van der Waals surface area contributed by atoms with Gasteiger partial charge in [-0.05, 0) is 19.7 Å². The second kappa shape index (κ2) is 8.20. The topological polar surface area (TPSA) is 56.0 Å². The molecule has 0 bridgehead atoms. The average Bonchev–Trinajstić information content (AvgIpc) is 3.17. The van der Waals surface area contributed by atoms with Gasteiger partial charge < -0.3 is 19.6 Å². The lowest BCUT2D eigenvalue weighted by atomic mass is 10.1. The second-order valence-electron chi connectivity index (χ2n) is 8.46. The molecule has 0 spiro atoms. The molecule has 2 aliphatic rings. The minimum atomic E-state index is 0.700. The van der Waals surface area contributed by atoms with Crippen molar-refractivity contribution < 1.29 is 0 Å². The molecule has 0 aliphatic carbocycles. The number of piperazine rings is 2. The van der Waals surface area contributed by atoms with Crippen molar-refractivity contribution in [2.75, 3.05) is 76.3 Å². The highest BCUT2D eigenvalue weighted by Gasteiger charge is 2.23. The standard InChI is InChI=1S/C22H30N8/c1-26-8-12-28(13-9-26)20-17-21(29-14-10-27(2)11-15-29)30-22(24-20)23-19(25-30)16-18-6-4-3-5-7-18/h3-7,17H,8-16H2,1-2H3. The Hall–Kier alpha value is -2.71. The van der Waals surface area contributed by atoms with E-state index in [4.69, 9.17) is 15.1 Å². The van der Waals surface area contributed by atoms with Crippen molar-refractivity contribution in [2.24, 2.45) is 0 Å². The summed E-state index contributed by atoms with van der Waals surface area (Å²) in [6.45, 7) is 8.20. The Morgan fingerprint density at radius 2 is 1.40 bits per heavy atom. The van der Waals surface area contributed by atoms with Crippen molar-refractivity contribution in [3.05, 3.63) is 47.8 Å². The van der Waals surface area contributed by atoms with Crippen LogP contribution < -0.4 is 9.80 Å². The van der Waals surface area contributed by atoms with Gasteiger partial charge in [0.25, 0.3) is 5.78 Å². The number of benzene rings is 1. The average molecular weight is 407 g/mol. The maximum absolute atomic E-state index is 4.92. The highest BCUT2D eigenvalue weighted by molar-refractivity contribution is 5.57. The van der Waals surface area contributed by atoms with Crippen LogP contribution in [0.3, 0.4) is 0 Å². The Balaban J connectivity index is 1.51. The van der Waals surface area contributed by atoms with Gasteiger partial charge in [-0.1, -0.05) is 30.3 Å². The van der Waals surface area contributed by atoms with E-state index < -0.39 is 0 Å². The number of rotatable bonds is 4. The highest BCUT2D eigenvalue weighted by atomic mass is 15.4. The van der Waals surface area contributed by atoms with Crippen molar-refractivity contribution >= 4 is 17.4 Å². The summed E-state index contributed by atoms with van der Waals surface area (Å²) in [6.07, 6.45) is 0.718. The van der Waals surface area contributed by atoms with Crippen LogP contribution in [0.15, 0.2) is 36.4 Å². The van der Waals surface area contributed by atoms with E-state index in [-0.39, 0.29) is 0 Å². The molecule has 3 aromatic rings. The Kier molecular flexibility index (Phi) is 5.26. The van der Waals surface area contributed by atoms with Gasteiger partial charge >= 0.3 is 0 Å². The van der Waals surface area contributed by atoms with Gasteiger partial charge in [-0.15, -0.1) is 5.10 Å². The lowest BCUT2D eigenvalue weighted by molar-refractivity contribution is 0.310. The zero-order chi connectivity index (χ0) is 20.5. The second-order valence-corrected chi connectivity index (χ2v) is 8.46. The van der Waals surface area contributed by atoms with Crippen molar-refractivity contribution in [2.45, 2.75) is 6.42 Å². The number of likely N-dealkylation sites (N-methyl/N-ethyl adjacent to an activating group) is 2. The van der Waals surface area contributed by atoms with Gasteiger partial charge in [0.2, 0.25) is 0 Å². The summed E-state index contributed by atoms with van der Waals surface area (Å²) >= 11 is 0. The number of hydrogen-bond acceptors (Lipinski definition) is 7. The molecule has 1 aromatic carbocycles. The van der Waals surface area contributed by atoms with Crippen LogP contribution in [0.1, 0.15) is 11.4 Å². The summed E-state index contributed by atoms with van der Waals surface area (Å²) in [5.41, 5.74) is 1.22. The van der Waals surface area contributed by atoms with Crippen LogP contribution in [-0.2, 0) is 6.42 Å². The molecule has 0 unspecified atom stereocenters. The molecule has 2 aromatic heterocycles. The molecule has 0 N–H and O–H groups in total. The van der Waals surface area contributed by atoms with E-state index in [1.165, 1.54) is 5.56 Å². The van der Waals surface area contributed by atoms with Gasteiger partial charge in [-0.2, -0.15) is 14.5 Å². The normalized spacial score (nSPS) is 19.0. The number of aromatic nitrogens is 4. The van der Waals surface area contributed by atoms with Crippen LogP contribution in [0.2, 0.25) is 0 Å². The van der Waals surface area contributed by atoms with E-state index in [1.807, 2.05) is 10.6 Å². The Bertz CT molecular complexity index is 985. The molecule has 2 aliphatic heterocycles. The highest BCUT2D eigenvalue weighted by Crippen LogP contribution is 2.24. The molecule has 8 heteroatoms. The summed E-state index contributed by atoms with van der Waals surface area (Å²) in [6, 6.07) is 12.6. The predicted molar refractivity (Wildman–Crippen MR) is 119 cm³/mol. The minimum absolute atomic E-state index is 0.700. The summed E-state index contributed by atoms with van der Waals surface area (Å²) in [5.74, 6) is 3.64. The van der Waals surface area contributed by atoms with Crippen LogP contribution in [0.25, 0.3) is 5.78 Å². The van der Waals surface area contributed by atoms with Crippen molar-refractivity contribution in [1.29, 1.82) is 0 Å². The molecular formula is C22H30N8. The lowest BCUT2D eigenvalue weighted by Gasteiger charge is -2.36. The van der Waals surface area contributed by atoms with Crippen LogP contribution in [0, 0.1) is 0 Å². The lowest BCUT2D eigenvalue weighted by Crippen LogP contribution is -2.46. The number of anilines is 2. The van der Waals surface area contributed by atoms with Crippen LogP contribution in [0.4, 0.5) is 11.6 Å². The quantitative estimate of drug-likeness (QED) is 0.646. The first kappa shape index (κ1) is 19.3. The molecule has 30 heavy (non-hydrogen) atoms. The molecular weight excluding hydrogens is 376 g/mol. The Morgan fingerprint density at radius 1 is 0.767 bits per heavy atom. The Labute approximate surface area is 177 Å². The van der Waals surface area contributed by atoms with E-state index in [2.05, 4.69) is 64.0 Å². The molecule has 158 valence electrons. The summed E-state index contributed by atoms with van der Waals surface area (Å²) in [4.78, 5) is 19.3. The maximum Gasteiger partial charge on any atom is 0.256 e. The minimum Gasteiger partial charge on any atom is -0.354 e. The van der Waals surface area contributed by atoms with Gasteiger partial charge in [0, 0.05) is 64.8 Å². The fraction of sp³-hybridized carbons (Fsp3) is 0.500. The molecule has 0 saturated carbocycles. The summed E-state index contributed by atoms with van der Waals surface area (Å²) in [7, 11) is 4.36. The molecule has 0 radical (unpaired) electrons. The van der Waals surface area contributed by atoms with Gasteiger partial charge in [0.15, 0.2) is 5.82 Å². The van der Waals surface area contributed by atoms with Gasteiger partial charge in [-0.25, -0.2) is 0 Å². The molecule has 4 heterocycles. The zero-order valence-corrected chi connectivity index (χ0v) is 17.9. The van der Waals surface area contributed by atoms with Gasteiger partial charge in [-0.3, -0.25) is 0 Å². The van der Waals surface area contributed by atoms with E-state index in [9.17, 15) is 0 Å². The van der Waals surface area contributed by atoms with Crippen LogP contribution in [-0.4, -0.2) is 95.8 Å². The molecule has 0 atom stereocenters. The molecule has 8 nitrogen and oxygen atoms in total. The maximum atomic E-state index is 4.92. The monoisotopic (exact) mass is 406 g/mol. The third-order valence-electron chi connectivity index (χ3n) is 6.18. The number of fused-ring (bicyclic) bond motifs is 1. The fourth-order valence-electron chi connectivity index (χ4n) is 4.19. The number of hydrogen-bond donors (Lipinski definition) is 0. The third-order valence-corrected chi connectivity index (χ3v) is 6.18. The molecule has 5 rings (SSSR count). The molecule has 0 amide bonds. The predicted octanol–water partition coefficient (Wildman–Crippen LogP) is 1.22. The third kappa shape index (κ3) is 3.97. The first-order chi connectivity index (χ1) is 14.7. The largest absolute Gasteiger partial charge is 0.354 e. The Morgan fingerprint density at radius 3 is 2.07 bits per heavy atom. The van der Waals surface area contributed by atoms with Crippen molar-refractivity contribution in [3.8, 4) is 0 Å². The fourth-order valence-corrected chi connectivity index (χ4v) is 4.19. The van der Waals surface area contributed by atoms with E-state index in [1.54, 1.807) is 0 Å². The number of nitrogens with zero attached hydrogens (tertiary/aromatic N) is 8. The van der Waals surface area contributed by atoms with E-state index >= 15 is 0 Å². The van der Waals surface area contributed by atoms with E-state index in [0.29, 0.717) is 5.78 Å². The molecule has 2 saturated heterocycles. The first-order valence-corrected chi connectivity index (χ1v) is 10.8. The van der Waals surface area contributed by atoms with E-state index in [0.717, 1.165) is 76.2 Å².